The first kappa shape index (κ1) is 15.6. The SMILES string of the molecule is CNC(Cc1cc(C)cc(C)c1)Cc1ccc(F)cc1F. The van der Waals surface area contributed by atoms with Crippen molar-refractivity contribution in [1.29, 1.82) is 0 Å². The molecule has 0 saturated heterocycles. The standard InChI is InChI=1S/C18H21F2N/c1-12-6-13(2)8-14(7-12)9-17(21-3)10-15-4-5-16(19)11-18(15)20/h4-8,11,17,21H,9-10H2,1-3H3. The predicted octanol–water partition coefficient (Wildman–Crippen LogP) is 3.95. The summed E-state index contributed by atoms with van der Waals surface area (Å²) in [5, 5.41) is 3.22. The van der Waals surface area contributed by atoms with E-state index in [4.69, 9.17) is 0 Å². The average Bonchev–Trinajstić information content (AvgIpc) is 2.39. The van der Waals surface area contributed by atoms with Gasteiger partial charge in [-0.2, -0.15) is 0 Å². The second-order valence-electron chi connectivity index (χ2n) is 5.63. The third kappa shape index (κ3) is 4.36. The van der Waals surface area contributed by atoms with Crippen molar-refractivity contribution in [3.63, 3.8) is 0 Å². The van der Waals surface area contributed by atoms with Crippen molar-refractivity contribution < 1.29 is 8.78 Å². The molecular formula is C18H21F2N. The molecule has 2 aromatic carbocycles. The van der Waals surface area contributed by atoms with Crippen LogP contribution in [0.1, 0.15) is 22.3 Å². The second-order valence-corrected chi connectivity index (χ2v) is 5.63. The highest BCUT2D eigenvalue weighted by atomic mass is 19.1. The Bertz CT molecular complexity index is 602. The molecule has 0 radical (unpaired) electrons. The monoisotopic (exact) mass is 289 g/mol. The Hall–Kier alpha value is -1.74. The summed E-state index contributed by atoms with van der Waals surface area (Å²) in [5.41, 5.74) is 4.23. The first-order valence-corrected chi connectivity index (χ1v) is 7.16. The molecule has 0 aliphatic heterocycles. The van der Waals surface area contributed by atoms with Crippen molar-refractivity contribution in [1.82, 2.24) is 5.32 Å². The van der Waals surface area contributed by atoms with Crippen LogP contribution in [-0.2, 0) is 12.8 Å². The molecule has 112 valence electrons. The smallest absolute Gasteiger partial charge is 0.129 e. The first-order valence-electron chi connectivity index (χ1n) is 7.16. The highest BCUT2D eigenvalue weighted by Crippen LogP contribution is 2.16. The van der Waals surface area contributed by atoms with Gasteiger partial charge in [0.15, 0.2) is 0 Å². The molecule has 0 aromatic heterocycles. The van der Waals surface area contributed by atoms with Crippen LogP contribution < -0.4 is 5.32 Å². The number of aryl methyl sites for hydroxylation is 2. The molecule has 3 heteroatoms. The Balaban J connectivity index is 2.12. The molecule has 0 saturated carbocycles. The van der Waals surface area contributed by atoms with Crippen molar-refractivity contribution in [3.05, 3.63) is 70.3 Å². The zero-order valence-electron chi connectivity index (χ0n) is 12.7. The number of hydrogen-bond acceptors (Lipinski definition) is 1. The molecule has 0 fully saturated rings. The summed E-state index contributed by atoms with van der Waals surface area (Å²) >= 11 is 0. The van der Waals surface area contributed by atoms with Crippen molar-refractivity contribution in [2.75, 3.05) is 7.05 Å². The van der Waals surface area contributed by atoms with Gasteiger partial charge in [-0.05, 0) is 50.9 Å². The van der Waals surface area contributed by atoms with E-state index in [0.717, 1.165) is 12.5 Å². The summed E-state index contributed by atoms with van der Waals surface area (Å²) in [6.07, 6.45) is 1.35. The van der Waals surface area contributed by atoms with Crippen LogP contribution in [0.2, 0.25) is 0 Å². The van der Waals surface area contributed by atoms with Gasteiger partial charge in [-0.3, -0.25) is 0 Å². The van der Waals surface area contributed by atoms with E-state index >= 15 is 0 Å². The van der Waals surface area contributed by atoms with E-state index in [0.29, 0.717) is 12.0 Å². The lowest BCUT2D eigenvalue weighted by Crippen LogP contribution is -2.30. The van der Waals surface area contributed by atoms with Crippen LogP contribution in [0, 0.1) is 25.5 Å². The Morgan fingerprint density at radius 3 is 2.19 bits per heavy atom. The average molecular weight is 289 g/mol. The van der Waals surface area contributed by atoms with Gasteiger partial charge in [0.05, 0.1) is 0 Å². The Morgan fingerprint density at radius 1 is 0.952 bits per heavy atom. The lowest BCUT2D eigenvalue weighted by Gasteiger charge is -2.17. The number of nitrogens with one attached hydrogen (secondary N) is 1. The van der Waals surface area contributed by atoms with Crippen molar-refractivity contribution in [2.24, 2.45) is 0 Å². The molecule has 0 heterocycles. The first-order chi connectivity index (χ1) is 9.97. The number of benzene rings is 2. The van der Waals surface area contributed by atoms with Gasteiger partial charge in [-0.1, -0.05) is 35.4 Å². The Morgan fingerprint density at radius 2 is 1.62 bits per heavy atom. The molecule has 21 heavy (non-hydrogen) atoms. The van der Waals surface area contributed by atoms with Gasteiger partial charge >= 0.3 is 0 Å². The fourth-order valence-corrected chi connectivity index (χ4v) is 2.70. The van der Waals surface area contributed by atoms with E-state index < -0.39 is 11.6 Å². The van der Waals surface area contributed by atoms with Crippen LogP contribution in [0.4, 0.5) is 8.78 Å². The molecular weight excluding hydrogens is 268 g/mol. The van der Waals surface area contributed by atoms with E-state index in [-0.39, 0.29) is 6.04 Å². The minimum Gasteiger partial charge on any atom is -0.316 e. The summed E-state index contributed by atoms with van der Waals surface area (Å²) in [6, 6.07) is 10.3. The molecule has 1 nitrogen and oxygen atoms in total. The highest BCUT2D eigenvalue weighted by molar-refractivity contribution is 5.29. The van der Waals surface area contributed by atoms with Gasteiger partial charge in [-0.25, -0.2) is 8.78 Å². The van der Waals surface area contributed by atoms with Gasteiger partial charge in [0, 0.05) is 12.1 Å². The lowest BCUT2D eigenvalue weighted by molar-refractivity contribution is 0.524. The largest absolute Gasteiger partial charge is 0.316 e. The normalized spacial score (nSPS) is 12.4. The molecule has 0 amide bonds. The third-order valence-electron chi connectivity index (χ3n) is 3.65. The lowest BCUT2D eigenvalue weighted by atomic mass is 9.96. The summed E-state index contributed by atoms with van der Waals surface area (Å²) in [7, 11) is 1.87. The molecule has 1 unspecified atom stereocenters. The molecule has 0 bridgehead atoms. The maximum absolute atomic E-state index is 13.7. The topological polar surface area (TPSA) is 12.0 Å². The second kappa shape index (κ2) is 6.81. The van der Waals surface area contributed by atoms with E-state index in [1.807, 2.05) is 7.05 Å². The number of rotatable bonds is 5. The fraction of sp³-hybridized carbons (Fsp3) is 0.333. The van der Waals surface area contributed by atoms with Crippen LogP contribution in [0.3, 0.4) is 0 Å². The highest BCUT2D eigenvalue weighted by Gasteiger charge is 2.12. The van der Waals surface area contributed by atoms with Crippen LogP contribution in [0.25, 0.3) is 0 Å². The Labute approximate surface area is 125 Å². The molecule has 0 aliphatic carbocycles. The van der Waals surface area contributed by atoms with Crippen molar-refractivity contribution in [3.8, 4) is 0 Å². The third-order valence-corrected chi connectivity index (χ3v) is 3.65. The molecule has 0 aliphatic rings. The Kier molecular flexibility index (Phi) is 5.07. The molecule has 0 spiro atoms. The zero-order valence-corrected chi connectivity index (χ0v) is 12.7. The molecule has 2 aromatic rings. The minimum absolute atomic E-state index is 0.117. The molecule has 2 rings (SSSR count). The van der Waals surface area contributed by atoms with Crippen LogP contribution >= 0.6 is 0 Å². The van der Waals surface area contributed by atoms with Gasteiger partial charge in [-0.15, -0.1) is 0 Å². The van der Waals surface area contributed by atoms with Crippen LogP contribution in [0.5, 0.6) is 0 Å². The summed E-state index contributed by atoms with van der Waals surface area (Å²) in [6.45, 7) is 4.15. The van der Waals surface area contributed by atoms with E-state index in [1.165, 1.54) is 28.8 Å². The van der Waals surface area contributed by atoms with E-state index in [1.54, 1.807) is 0 Å². The quantitative estimate of drug-likeness (QED) is 0.878. The summed E-state index contributed by atoms with van der Waals surface area (Å²) in [5.74, 6) is -1.01. The van der Waals surface area contributed by atoms with E-state index in [2.05, 4.69) is 37.4 Å². The van der Waals surface area contributed by atoms with Gasteiger partial charge < -0.3 is 5.32 Å². The maximum Gasteiger partial charge on any atom is 0.129 e. The maximum atomic E-state index is 13.7. The number of halogens is 2. The van der Waals surface area contributed by atoms with Crippen LogP contribution in [-0.4, -0.2) is 13.1 Å². The predicted molar refractivity (Wildman–Crippen MR) is 82.5 cm³/mol. The summed E-state index contributed by atoms with van der Waals surface area (Å²) in [4.78, 5) is 0. The van der Waals surface area contributed by atoms with Gasteiger partial charge in [0.2, 0.25) is 0 Å². The fourth-order valence-electron chi connectivity index (χ4n) is 2.70. The van der Waals surface area contributed by atoms with Crippen molar-refractivity contribution in [2.45, 2.75) is 32.7 Å². The summed E-state index contributed by atoms with van der Waals surface area (Å²) < 4.78 is 26.7. The minimum atomic E-state index is -0.536. The van der Waals surface area contributed by atoms with Crippen LogP contribution in [0.15, 0.2) is 36.4 Å². The zero-order chi connectivity index (χ0) is 15.4. The van der Waals surface area contributed by atoms with Gasteiger partial charge in [0.25, 0.3) is 0 Å². The van der Waals surface area contributed by atoms with Crippen molar-refractivity contribution >= 4 is 0 Å². The van der Waals surface area contributed by atoms with Gasteiger partial charge in [0.1, 0.15) is 11.6 Å². The van der Waals surface area contributed by atoms with E-state index in [9.17, 15) is 8.78 Å². The molecule has 1 atom stereocenters. The number of likely N-dealkylation sites (N-methyl/N-ethyl adjacent to an activating group) is 1. The number of hydrogen-bond donors (Lipinski definition) is 1. The molecule has 1 N–H and O–H groups in total.